The Morgan fingerprint density at radius 1 is 0.895 bits per heavy atom. The van der Waals surface area contributed by atoms with Crippen molar-refractivity contribution in [3.8, 4) is 0 Å². The van der Waals surface area contributed by atoms with E-state index in [1.807, 2.05) is 60.5 Å². The summed E-state index contributed by atoms with van der Waals surface area (Å²) >= 11 is 0. The zero-order valence-corrected chi connectivity index (χ0v) is 37.5. The third-order valence-corrected chi connectivity index (χ3v) is 13.2. The summed E-state index contributed by atoms with van der Waals surface area (Å²) in [7, 11) is 6.98. The minimum atomic E-state index is -1.93. The third kappa shape index (κ3) is 11.3. The average Bonchev–Trinajstić information content (AvgIpc) is 3.15. The minimum Gasteiger partial charge on any atom is -0.459 e. The van der Waals surface area contributed by atoms with Crippen molar-refractivity contribution in [2.75, 3.05) is 34.9 Å². The lowest BCUT2D eigenvalue weighted by Crippen LogP contribution is -2.61. The fraction of sp³-hybridized carbons (Fsp3) is 0.952. The summed E-state index contributed by atoms with van der Waals surface area (Å²) in [6, 6.07) is -0.271. The molecule has 4 N–H and O–H groups in total. The molecule has 3 aliphatic heterocycles. The first-order valence-electron chi connectivity index (χ1n) is 21.1. The maximum absolute atomic E-state index is 14.4. The Balaban J connectivity index is 2.23. The van der Waals surface area contributed by atoms with Crippen LogP contribution in [0, 0.1) is 23.7 Å². The molecular formula is C42H78N2O13. The van der Waals surface area contributed by atoms with Crippen molar-refractivity contribution in [3.63, 3.8) is 0 Å². The largest absolute Gasteiger partial charge is 0.459 e. The second-order valence-electron chi connectivity index (χ2n) is 18.0. The van der Waals surface area contributed by atoms with Crippen molar-refractivity contribution < 1.29 is 63.2 Å². The van der Waals surface area contributed by atoms with Gasteiger partial charge in [0.1, 0.15) is 23.9 Å². The molecule has 0 saturated carbocycles. The van der Waals surface area contributed by atoms with E-state index in [1.54, 1.807) is 35.0 Å². The summed E-state index contributed by atoms with van der Waals surface area (Å²) in [6.45, 7) is 20.6. The van der Waals surface area contributed by atoms with E-state index < -0.39 is 95.6 Å². The topological polar surface area (TPSA) is 187 Å². The lowest BCUT2D eigenvalue weighted by Gasteiger charge is -2.50. The van der Waals surface area contributed by atoms with E-state index in [0.29, 0.717) is 13.0 Å². The van der Waals surface area contributed by atoms with Gasteiger partial charge in [0, 0.05) is 51.0 Å². The number of cyclic esters (lactones) is 1. The number of oxime groups is 1. The van der Waals surface area contributed by atoms with Crippen LogP contribution in [0.2, 0.25) is 0 Å². The fourth-order valence-electron chi connectivity index (χ4n) is 9.44. The Morgan fingerprint density at radius 2 is 1.51 bits per heavy atom. The monoisotopic (exact) mass is 819 g/mol. The van der Waals surface area contributed by atoms with Crippen LogP contribution < -0.4 is 0 Å². The molecule has 3 saturated heterocycles. The van der Waals surface area contributed by atoms with Gasteiger partial charge in [0.25, 0.3) is 0 Å². The number of methoxy groups -OCH3 is 2. The van der Waals surface area contributed by atoms with Crippen LogP contribution >= 0.6 is 0 Å². The molecule has 3 heterocycles. The van der Waals surface area contributed by atoms with Gasteiger partial charge in [0.2, 0.25) is 0 Å². The number of nitrogens with zero attached hydrogens (tertiary/aromatic N) is 2. The molecule has 334 valence electrons. The zero-order valence-electron chi connectivity index (χ0n) is 37.5. The molecule has 0 bridgehead atoms. The Bertz CT molecular complexity index is 1290. The van der Waals surface area contributed by atoms with E-state index >= 15 is 0 Å². The first-order valence-corrected chi connectivity index (χ1v) is 21.1. The SMILES string of the molecule is CCCCO[C@H]1[C@H](C)O[C@@H](O[C@H]2[C@H](C)[C@@H](O[C@@H]3O[C@H](C)C[C@H](N(C)C)[C@H]3O)[C@](C)(OC)C[C@@H](C)/C(=N\O)[C@H](C)[C@@H](O)[C@](C)(O)[C@@H](CC)OC(=O)[C@@H]2C)C[C@@]1(C)OC. The van der Waals surface area contributed by atoms with Gasteiger partial charge in [-0.05, 0) is 81.3 Å². The number of aliphatic hydroxyl groups is 3. The second kappa shape index (κ2) is 20.8. The first-order chi connectivity index (χ1) is 26.6. The molecular weight excluding hydrogens is 740 g/mol. The predicted octanol–water partition coefficient (Wildman–Crippen LogP) is 4.53. The second-order valence-corrected chi connectivity index (χ2v) is 18.0. The standard InChI is InChI=1S/C42H78N2O13/c1-16-18-19-52-37-28(8)54-31(22-41(37,10)51-15)56-34-26(6)36(57-39-33(45)29(44(12)13)20-24(4)53-39)40(9,50-14)21-23(3)32(43-49)25(5)35(46)42(11,48)30(17-2)55-38(47)27(34)7/h23-31,33-37,39,45-46,48-49H,16-22H2,1-15H3/b43-32+/t23-,24-,25+,26+,27-,28+,29+,30-,31+,33-,34+,35-,36-,37+,39+,40-,41-,42-/m1/s1. The van der Waals surface area contributed by atoms with E-state index in [9.17, 15) is 25.3 Å². The Labute approximate surface area is 342 Å². The van der Waals surface area contributed by atoms with Gasteiger partial charge in [0.05, 0.1) is 53.4 Å². The summed E-state index contributed by atoms with van der Waals surface area (Å²) in [4.78, 5) is 16.3. The molecule has 15 nitrogen and oxygen atoms in total. The highest BCUT2D eigenvalue weighted by atomic mass is 16.7. The molecule has 0 radical (unpaired) electrons. The van der Waals surface area contributed by atoms with Crippen LogP contribution in [0.25, 0.3) is 0 Å². The Kier molecular flexibility index (Phi) is 18.2. The van der Waals surface area contributed by atoms with Gasteiger partial charge in [-0.3, -0.25) is 4.79 Å². The third-order valence-electron chi connectivity index (χ3n) is 13.2. The molecule has 0 aromatic heterocycles. The predicted molar refractivity (Wildman–Crippen MR) is 214 cm³/mol. The lowest BCUT2D eigenvalue weighted by molar-refractivity contribution is -0.322. The summed E-state index contributed by atoms with van der Waals surface area (Å²) in [5.74, 6) is -3.71. The van der Waals surface area contributed by atoms with Gasteiger partial charge in [-0.15, -0.1) is 0 Å². The molecule has 0 aliphatic carbocycles. The van der Waals surface area contributed by atoms with Crippen LogP contribution in [0.4, 0.5) is 0 Å². The molecule has 57 heavy (non-hydrogen) atoms. The van der Waals surface area contributed by atoms with E-state index in [4.69, 9.17) is 37.9 Å². The summed E-state index contributed by atoms with van der Waals surface area (Å²) in [5.41, 5.74) is -3.72. The molecule has 0 spiro atoms. The average molecular weight is 819 g/mol. The van der Waals surface area contributed by atoms with Crippen LogP contribution in [0.15, 0.2) is 5.16 Å². The van der Waals surface area contributed by atoms with Crippen molar-refractivity contribution in [2.24, 2.45) is 28.8 Å². The summed E-state index contributed by atoms with van der Waals surface area (Å²) < 4.78 is 51.5. The number of rotatable bonds is 12. The molecule has 3 aliphatic rings. The lowest BCUT2D eigenvalue weighted by atomic mass is 9.73. The number of carbonyl (C=O) groups is 1. The quantitative estimate of drug-likeness (QED) is 0.0932. The van der Waals surface area contributed by atoms with Gasteiger partial charge >= 0.3 is 5.97 Å². The Morgan fingerprint density at radius 3 is 2.05 bits per heavy atom. The van der Waals surface area contributed by atoms with Gasteiger partial charge in [-0.1, -0.05) is 46.2 Å². The molecule has 0 aromatic rings. The van der Waals surface area contributed by atoms with Crippen LogP contribution in [-0.4, -0.2) is 156 Å². The number of likely N-dealkylation sites (N-methyl/N-ethyl adjacent to an activating group) is 1. The number of aliphatic hydroxyl groups excluding tert-OH is 2. The van der Waals surface area contributed by atoms with Crippen molar-refractivity contribution in [1.29, 1.82) is 0 Å². The number of unbranched alkanes of at least 4 members (excludes halogenated alkanes) is 1. The maximum Gasteiger partial charge on any atom is 0.311 e. The van der Waals surface area contributed by atoms with Gasteiger partial charge in [0.15, 0.2) is 12.6 Å². The van der Waals surface area contributed by atoms with Crippen molar-refractivity contribution >= 4 is 11.7 Å². The van der Waals surface area contributed by atoms with Crippen LogP contribution in [-0.2, 0) is 42.7 Å². The highest BCUT2D eigenvalue weighted by Gasteiger charge is 2.54. The highest BCUT2D eigenvalue weighted by molar-refractivity contribution is 5.88. The van der Waals surface area contributed by atoms with Crippen molar-refractivity contribution in [1.82, 2.24) is 4.90 Å². The Hall–Kier alpha value is -1.50. The highest BCUT2D eigenvalue weighted by Crippen LogP contribution is 2.42. The summed E-state index contributed by atoms with van der Waals surface area (Å²) in [5, 5.41) is 49.3. The van der Waals surface area contributed by atoms with Gasteiger partial charge in [-0.25, -0.2) is 0 Å². The maximum atomic E-state index is 14.4. The number of hydrogen-bond donors (Lipinski definition) is 4. The molecule has 3 fully saturated rings. The number of ether oxygens (including phenoxy) is 8. The van der Waals surface area contributed by atoms with Crippen LogP contribution in [0.3, 0.4) is 0 Å². The molecule has 3 rings (SSSR count). The smallest absolute Gasteiger partial charge is 0.311 e. The molecule has 18 atom stereocenters. The molecule has 0 unspecified atom stereocenters. The number of carbonyl (C=O) groups excluding carboxylic acids is 1. The zero-order chi connectivity index (χ0) is 43.2. The van der Waals surface area contributed by atoms with E-state index in [0.717, 1.165) is 12.8 Å². The van der Waals surface area contributed by atoms with Gasteiger partial charge in [-0.2, -0.15) is 0 Å². The molecule has 0 aromatic carbocycles. The minimum absolute atomic E-state index is 0.182. The van der Waals surface area contributed by atoms with Gasteiger partial charge < -0.3 is 63.3 Å². The van der Waals surface area contributed by atoms with Crippen LogP contribution in [0.5, 0.6) is 0 Å². The number of esters is 1. The van der Waals surface area contributed by atoms with Crippen molar-refractivity contribution in [3.05, 3.63) is 0 Å². The van der Waals surface area contributed by atoms with Crippen molar-refractivity contribution in [2.45, 2.75) is 199 Å². The van der Waals surface area contributed by atoms with E-state index in [1.165, 1.54) is 6.92 Å². The first kappa shape index (κ1) is 49.9. The van der Waals surface area contributed by atoms with E-state index in [-0.39, 0.29) is 43.2 Å². The molecule has 15 heteroatoms. The number of hydrogen-bond acceptors (Lipinski definition) is 15. The van der Waals surface area contributed by atoms with E-state index in [2.05, 4.69) is 12.1 Å². The normalized spacial score (nSPS) is 46.5. The summed E-state index contributed by atoms with van der Waals surface area (Å²) in [6.07, 6.45) is -5.45. The fourth-order valence-corrected chi connectivity index (χ4v) is 9.44. The molecule has 0 amide bonds. The van der Waals surface area contributed by atoms with Crippen LogP contribution in [0.1, 0.15) is 115 Å².